The summed E-state index contributed by atoms with van der Waals surface area (Å²) in [7, 11) is 0. The lowest BCUT2D eigenvalue weighted by Crippen LogP contribution is -2.44. The molecule has 3 fully saturated rings. The first-order valence-corrected chi connectivity index (χ1v) is 10.0. The molecule has 3 aliphatic rings. The van der Waals surface area contributed by atoms with E-state index in [0.717, 1.165) is 56.6 Å². The second-order valence-corrected chi connectivity index (χ2v) is 7.63. The zero-order valence-electron chi connectivity index (χ0n) is 15.2. The molecule has 0 aromatic carbocycles. The van der Waals surface area contributed by atoms with Gasteiger partial charge in [-0.1, -0.05) is 19.8 Å². The highest BCUT2D eigenvalue weighted by Crippen LogP contribution is 2.33. The number of hydrogen-bond acceptors (Lipinski definition) is 3. The fourth-order valence-electron chi connectivity index (χ4n) is 4.83. The van der Waals surface area contributed by atoms with Crippen LogP contribution in [0.15, 0.2) is 6.20 Å². The highest BCUT2D eigenvalue weighted by molar-refractivity contribution is 5.90. The van der Waals surface area contributed by atoms with Gasteiger partial charge in [0.1, 0.15) is 0 Å². The van der Waals surface area contributed by atoms with Gasteiger partial charge in [0.25, 0.3) is 0 Å². The topological polar surface area (TPSA) is 59.4 Å². The Hall–Kier alpha value is -1.56. The first-order chi connectivity index (χ1) is 12.3. The van der Waals surface area contributed by atoms with Crippen LogP contribution in [0, 0.1) is 0 Å². The molecular weight excluding hydrogens is 316 g/mol. The van der Waals surface area contributed by atoms with Crippen LogP contribution in [0.3, 0.4) is 0 Å². The number of nitrogens with zero attached hydrogens (tertiary/aromatic N) is 3. The predicted octanol–water partition coefficient (Wildman–Crippen LogP) is 3.74. The number of rotatable bonds is 4. The predicted molar refractivity (Wildman–Crippen MR) is 96.8 cm³/mol. The van der Waals surface area contributed by atoms with E-state index in [0.29, 0.717) is 6.04 Å². The number of anilines is 1. The van der Waals surface area contributed by atoms with Crippen LogP contribution >= 0.6 is 0 Å². The lowest BCUT2D eigenvalue weighted by molar-refractivity contribution is 0.0543. The van der Waals surface area contributed by atoms with Gasteiger partial charge in [-0.25, -0.2) is 4.79 Å². The summed E-state index contributed by atoms with van der Waals surface area (Å²) >= 11 is 0. The Morgan fingerprint density at radius 2 is 2.08 bits per heavy atom. The van der Waals surface area contributed by atoms with Crippen molar-refractivity contribution in [3.63, 3.8) is 0 Å². The molecule has 138 valence electrons. The SMILES string of the molecule is CCc1c(NC(=O)N2CCC[C@H]2[C@H]2CCCO2)cnn1C1CCCC1. The molecule has 25 heavy (non-hydrogen) atoms. The highest BCUT2D eigenvalue weighted by atomic mass is 16.5. The lowest BCUT2D eigenvalue weighted by atomic mass is 10.1. The Balaban J connectivity index is 1.46. The van der Waals surface area contributed by atoms with Gasteiger partial charge in [-0.3, -0.25) is 4.68 Å². The molecule has 0 bridgehead atoms. The molecule has 0 spiro atoms. The van der Waals surface area contributed by atoms with Crippen molar-refractivity contribution in [1.29, 1.82) is 0 Å². The number of nitrogens with one attached hydrogen (secondary N) is 1. The molecule has 6 heteroatoms. The molecule has 2 atom stereocenters. The molecular formula is C19H30N4O2. The van der Waals surface area contributed by atoms with Crippen molar-refractivity contribution >= 4 is 11.7 Å². The number of likely N-dealkylation sites (tertiary alicyclic amines) is 1. The summed E-state index contributed by atoms with van der Waals surface area (Å²) in [5, 5.41) is 7.75. The van der Waals surface area contributed by atoms with Crippen LogP contribution in [0.2, 0.25) is 0 Å². The molecule has 2 aliphatic heterocycles. The smallest absolute Gasteiger partial charge is 0.322 e. The number of hydrogen-bond donors (Lipinski definition) is 1. The van der Waals surface area contributed by atoms with Crippen LogP contribution in [-0.2, 0) is 11.2 Å². The Kier molecular flexibility index (Phi) is 4.97. The van der Waals surface area contributed by atoms with Gasteiger partial charge in [0.15, 0.2) is 0 Å². The van der Waals surface area contributed by atoms with E-state index in [9.17, 15) is 4.79 Å². The summed E-state index contributed by atoms with van der Waals surface area (Å²) in [5.74, 6) is 0. The molecule has 4 rings (SSSR count). The summed E-state index contributed by atoms with van der Waals surface area (Å²) in [6, 6.07) is 0.753. The molecule has 3 heterocycles. The van der Waals surface area contributed by atoms with Gasteiger partial charge >= 0.3 is 6.03 Å². The Morgan fingerprint density at radius 3 is 2.80 bits per heavy atom. The van der Waals surface area contributed by atoms with E-state index in [1.807, 2.05) is 11.1 Å². The van der Waals surface area contributed by atoms with Crippen molar-refractivity contribution in [2.75, 3.05) is 18.5 Å². The van der Waals surface area contributed by atoms with Crippen LogP contribution in [0.25, 0.3) is 0 Å². The molecule has 1 saturated carbocycles. The zero-order valence-corrected chi connectivity index (χ0v) is 15.2. The maximum Gasteiger partial charge on any atom is 0.322 e. The Labute approximate surface area is 149 Å². The van der Waals surface area contributed by atoms with Gasteiger partial charge in [-0.2, -0.15) is 5.10 Å². The normalized spacial score (nSPS) is 27.3. The maximum atomic E-state index is 12.9. The summed E-state index contributed by atoms with van der Waals surface area (Å²) in [5.41, 5.74) is 2.05. The van der Waals surface area contributed by atoms with Crippen LogP contribution in [-0.4, -0.2) is 46.0 Å². The zero-order chi connectivity index (χ0) is 17.2. The lowest BCUT2D eigenvalue weighted by Gasteiger charge is -2.29. The van der Waals surface area contributed by atoms with Crippen molar-refractivity contribution in [3.05, 3.63) is 11.9 Å². The number of carbonyl (C=O) groups is 1. The first-order valence-electron chi connectivity index (χ1n) is 10.0. The van der Waals surface area contributed by atoms with E-state index in [1.165, 1.54) is 25.7 Å². The second kappa shape index (κ2) is 7.36. The van der Waals surface area contributed by atoms with Gasteiger partial charge < -0.3 is 15.0 Å². The van der Waals surface area contributed by atoms with Crippen LogP contribution in [0.5, 0.6) is 0 Å². The Morgan fingerprint density at radius 1 is 1.24 bits per heavy atom. The van der Waals surface area contributed by atoms with Gasteiger partial charge in [0, 0.05) is 13.2 Å². The minimum absolute atomic E-state index is 0.0127. The summed E-state index contributed by atoms with van der Waals surface area (Å²) in [4.78, 5) is 14.9. The van der Waals surface area contributed by atoms with Gasteiger partial charge in [-0.05, 0) is 44.9 Å². The third kappa shape index (κ3) is 3.28. The molecule has 0 radical (unpaired) electrons. The first kappa shape index (κ1) is 16.9. The maximum absolute atomic E-state index is 12.9. The molecule has 6 nitrogen and oxygen atoms in total. The summed E-state index contributed by atoms with van der Waals surface area (Å²) in [6.45, 7) is 3.81. The van der Waals surface area contributed by atoms with Crippen LogP contribution < -0.4 is 5.32 Å². The van der Waals surface area contributed by atoms with Crippen molar-refractivity contribution < 1.29 is 9.53 Å². The number of urea groups is 1. The van der Waals surface area contributed by atoms with Crippen molar-refractivity contribution in [1.82, 2.24) is 14.7 Å². The largest absolute Gasteiger partial charge is 0.376 e. The van der Waals surface area contributed by atoms with E-state index in [2.05, 4.69) is 22.0 Å². The third-order valence-corrected chi connectivity index (χ3v) is 6.10. The van der Waals surface area contributed by atoms with Gasteiger partial charge in [0.2, 0.25) is 0 Å². The minimum atomic E-state index is 0.0127. The quantitative estimate of drug-likeness (QED) is 0.903. The molecule has 0 unspecified atom stereocenters. The molecule has 2 saturated heterocycles. The molecule has 1 aromatic heterocycles. The summed E-state index contributed by atoms with van der Waals surface area (Å²) in [6.07, 6.45) is 12.2. The van der Waals surface area contributed by atoms with E-state index < -0.39 is 0 Å². The van der Waals surface area contributed by atoms with Gasteiger partial charge in [0.05, 0.1) is 35.8 Å². The third-order valence-electron chi connectivity index (χ3n) is 6.10. The molecule has 2 amide bonds. The number of ether oxygens (including phenoxy) is 1. The highest BCUT2D eigenvalue weighted by Gasteiger charge is 2.37. The van der Waals surface area contributed by atoms with E-state index in [1.54, 1.807) is 0 Å². The second-order valence-electron chi connectivity index (χ2n) is 7.63. The monoisotopic (exact) mass is 346 g/mol. The standard InChI is InChI=1S/C19H30N4O2/c1-2-16-15(13-20-23(16)14-7-3-4-8-14)21-19(24)22-11-5-9-17(22)18-10-6-12-25-18/h13-14,17-18H,2-12H2,1H3,(H,21,24)/t17-,18+/m0/s1. The average Bonchev–Trinajstić information content (AvgIpc) is 3.40. The number of amides is 2. The van der Waals surface area contributed by atoms with Crippen molar-refractivity contribution in [2.24, 2.45) is 0 Å². The van der Waals surface area contributed by atoms with Crippen LogP contribution in [0.4, 0.5) is 10.5 Å². The molecule has 1 N–H and O–H groups in total. The molecule has 1 aliphatic carbocycles. The van der Waals surface area contributed by atoms with E-state index in [-0.39, 0.29) is 18.2 Å². The fourth-order valence-corrected chi connectivity index (χ4v) is 4.83. The van der Waals surface area contributed by atoms with Crippen molar-refractivity contribution in [3.8, 4) is 0 Å². The minimum Gasteiger partial charge on any atom is -0.376 e. The number of aromatic nitrogens is 2. The average molecular weight is 346 g/mol. The van der Waals surface area contributed by atoms with Crippen LogP contribution in [0.1, 0.15) is 70.0 Å². The fraction of sp³-hybridized carbons (Fsp3) is 0.789. The molecule has 1 aromatic rings. The number of carbonyl (C=O) groups excluding carboxylic acids is 1. The van der Waals surface area contributed by atoms with Crippen molar-refractivity contribution in [2.45, 2.75) is 82.9 Å². The van der Waals surface area contributed by atoms with E-state index in [4.69, 9.17) is 4.74 Å². The van der Waals surface area contributed by atoms with E-state index >= 15 is 0 Å². The Bertz CT molecular complexity index is 603. The van der Waals surface area contributed by atoms with Gasteiger partial charge in [-0.15, -0.1) is 0 Å². The summed E-state index contributed by atoms with van der Waals surface area (Å²) < 4.78 is 8.00.